The number of hydrogen-bond acceptors (Lipinski definition) is 4. The highest BCUT2D eigenvalue weighted by atomic mass is 16.6. The zero-order chi connectivity index (χ0) is 18.2. The summed E-state index contributed by atoms with van der Waals surface area (Å²) in [6.07, 6.45) is 1.57. The topological polar surface area (TPSA) is 110 Å². The van der Waals surface area contributed by atoms with Crippen molar-refractivity contribution >= 4 is 17.6 Å². The van der Waals surface area contributed by atoms with Crippen LogP contribution in [0.25, 0.3) is 0 Å². The number of nitro benzene ring substituents is 1. The molecule has 0 aliphatic carbocycles. The van der Waals surface area contributed by atoms with Crippen molar-refractivity contribution in [3.8, 4) is 0 Å². The number of carbonyl (C=O) groups is 2. The van der Waals surface area contributed by atoms with E-state index in [9.17, 15) is 24.8 Å². The summed E-state index contributed by atoms with van der Waals surface area (Å²) in [6.45, 7) is 0. The summed E-state index contributed by atoms with van der Waals surface area (Å²) < 4.78 is 0. The van der Waals surface area contributed by atoms with Gasteiger partial charge < -0.3 is 10.4 Å². The van der Waals surface area contributed by atoms with E-state index >= 15 is 0 Å². The molecule has 2 aromatic rings. The van der Waals surface area contributed by atoms with Crippen molar-refractivity contribution in [1.82, 2.24) is 5.32 Å². The quantitative estimate of drug-likeness (QED) is 0.566. The van der Waals surface area contributed by atoms with Crippen LogP contribution in [0.5, 0.6) is 0 Å². The van der Waals surface area contributed by atoms with Crippen molar-refractivity contribution in [2.24, 2.45) is 0 Å². The third-order valence-electron chi connectivity index (χ3n) is 3.72. The van der Waals surface area contributed by atoms with Gasteiger partial charge in [-0.25, -0.2) is 4.79 Å². The molecule has 2 rings (SSSR count). The van der Waals surface area contributed by atoms with Gasteiger partial charge in [-0.2, -0.15) is 0 Å². The standard InChI is InChI=1S/C18H18N2O5/c21-17(14-9-5-10-15(12-14)20(24)25)19-16(18(22)23)11-4-8-13-6-2-1-3-7-13/h1-3,5-7,9-10,12,16H,4,8,11H2,(H,19,21)(H,22,23)/t16-/m0/s1. The third-order valence-corrected chi connectivity index (χ3v) is 3.72. The van der Waals surface area contributed by atoms with Crippen LogP contribution in [0.2, 0.25) is 0 Å². The summed E-state index contributed by atoms with van der Waals surface area (Å²) in [5.74, 6) is -1.78. The molecule has 0 saturated heterocycles. The van der Waals surface area contributed by atoms with Gasteiger partial charge in [0.2, 0.25) is 0 Å². The minimum absolute atomic E-state index is 0.0588. The maximum Gasteiger partial charge on any atom is 0.326 e. The first-order valence-corrected chi connectivity index (χ1v) is 7.79. The number of aliphatic carboxylic acids is 1. The number of carboxylic acids is 1. The number of amides is 1. The zero-order valence-electron chi connectivity index (χ0n) is 13.4. The van der Waals surface area contributed by atoms with Gasteiger partial charge in [0.1, 0.15) is 6.04 Å². The number of nitrogens with one attached hydrogen (secondary N) is 1. The van der Waals surface area contributed by atoms with E-state index in [4.69, 9.17) is 0 Å². The Morgan fingerprint density at radius 1 is 1.12 bits per heavy atom. The lowest BCUT2D eigenvalue weighted by Crippen LogP contribution is -2.40. The van der Waals surface area contributed by atoms with Crippen LogP contribution in [0.15, 0.2) is 54.6 Å². The van der Waals surface area contributed by atoms with Gasteiger partial charge in [0.25, 0.3) is 11.6 Å². The number of nitrogens with zero attached hydrogens (tertiary/aromatic N) is 1. The zero-order valence-corrected chi connectivity index (χ0v) is 13.4. The van der Waals surface area contributed by atoms with E-state index in [1.165, 1.54) is 18.2 Å². The Bertz CT molecular complexity index is 761. The number of carboxylic acid groups (broad SMARTS) is 1. The van der Waals surface area contributed by atoms with E-state index in [2.05, 4.69) is 5.32 Å². The van der Waals surface area contributed by atoms with Crippen LogP contribution in [0, 0.1) is 10.1 Å². The van der Waals surface area contributed by atoms with Crippen LogP contribution in [0.1, 0.15) is 28.8 Å². The summed E-state index contributed by atoms with van der Waals surface area (Å²) in [5.41, 5.74) is 0.934. The Kier molecular flexibility index (Phi) is 6.22. The van der Waals surface area contributed by atoms with Gasteiger partial charge in [0.05, 0.1) is 4.92 Å². The molecule has 25 heavy (non-hydrogen) atoms. The maximum atomic E-state index is 12.2. The molecular weight excluding hydrogens is 324 g/mol. The van der Waals surface area contributed by atoms with Crippen molar-refractivity contribution in [3.63, 3.8) is 0 Å². The molecule has 0 spiro atoms. The molecule has 0 saturated carbocycles. The van der Waals surface area contributed by atoms with Crippen LogP contribution < -0.4 is 5.32 Å². The lowest BCUT2D eigenvalue weighted by molar-refractivity contribution is -0.384. The minimum Gasteiger partial charge on any atom is -0.480 e. The van der Waals surface area contributed by atoms with E-state index in [1.807, 2.05) is 30.3 Å². The molecule has 0 radical (unpaired) electrons. The second kappa shape index (κ2) is 8.58. The smallest absolute Gasteiger partial charge is 0.326 e. The van der Waals surface area contributed by atoms with Gasteiger partial charge in [0, 0.05) is 17.7 Å². The number of nitro groups is 1. The Morgan fingerprint density at radius 3 is 2.48 bits per heavy atom. The summed E-state index contributed by atoms with van der Waals surface area (Å²) in [7, 11) is 0. The van der Waals surface area contributed by atoms with Gasteiger partial charge in [-0.15, -0.1) is 0 Å². The molecule has 2 aromatic carbocycles. The van der Waals surface area contributed by atoms with Crippen LogP contribution in [0.4, 0.5) is 5.69 Å². The average molecular weight is 342 g/mol. The molecule has 0 unspecified atom stereocenters. The Labute approximate surface area is 144 Å². The Hall–Kier alpha value is -3.22. The Morgan fingerprint density at radius 2 is 1.84 bits per heavy atom. The highest BCUT2D eigenvalue weighted by molar-refractivity contribution is 5.97. The van der Waals surface area contributed by atoms with E-state index in [0.29, 0.717) is 12.8 Å². The molecule has 130 valence electrons. The predicted octanol–water partition coefficient (Wildman–Crippen LogP) is 2.80. The van der Waals surface area contributed by atoms with E-state index in [0.717, 1.165) is 11.6 Å². The molecule has 0 heterocycles. The first kappa shape index (κ1) is 18.1. The fourth-order valence-corrected chi connectivity index (χ4v) is 2.41. The molecule has 0 aliphatic heterocycles. The number of hydrogen-bond donors (Lipinski definition) is 2. The summed E-state index contributed by atoms with van der Waals surface area (Å²) in [4.78, 5) is 33.7. The van der Waals surface area contributed by atoms with Gasteiger partial charge in [0.15, 0.2) is 0 Å². The van der Waals surface area contributed by atoms with Gasteiger partial charge in [-0.05, 0) is 30.9 Å². The molecule has 1 atom stereocenters. The number of carbonyl (C=O) groups excluding carboxylic acids is 1. The lowest BCUT2D eigenvalue weighted by atomic mass is 10.0. The number of rotatable bonds is 8. The van der Waals surface area contributed by atoms with Crippen molar-refractivity contribution in [3.05, 3.63) is 75.8 Å². The highest BCUT2D eigenvalue weighted by Crippen LogP contribution is 2.14. The van der Waals surface area contributed by atoms with Crippen LogP contribution in [0.3, 0.4) is 0 Å². The first-order valence-electron chi connectivity index (χ1n) is 7.79. The van der Waals surface area contributed by atoms with Gasteiger partial charge in [-0.1, -0.05) is 36.4 Å². The molecular formula is C18H18N2O5. The van der Waals surface area contributed by atoms with Crippen molar-refractivity contribution < 1.29 is 19.6 Å². The minimum atomic E-state index is -1.13. The summed E-state index contributed by atoms with van der Waals surface area (Å²) >= 11 is 0. The van der Waals surface area contributed by atoms with Crippen molar-refractivity contribution in [1.29, 1.82) is 0 Å². The molecule has 0 aliphatic rings. The summed E-state index contributed by atoms with van der Waals surface area (Å²) in [6, 6.07) is 13.8. The second-order valence-electron chi connectivity index (χ2n) is 5.55. The molecule has 0 fully saturated rings. The fraction of sp³-hybridized carbons (Fsp3) is 0.222. The van der Waals surface area contributed by atoms with Crippen LogP contribution >= 0.6 is 0 Å². The van der Waals surface area contributed by atoms with Gasteiger partial charge in [-0.3, -0.25) is 14.9 Å². The normalized spacial score (nSPS) is 11.5. The van der Waals surface area contributed by atoms with E-state index in [1.54, 1.807) is 0 Å². The first-order chi connectivity index (χ1) is 12.0. The molecule has 2 N–H and O–H groups in total. The molecule has 1 amide bonds. The molecule has 7 nitrogen and oxygen atoms in total. The maximum absolute atomic E-state index is 12.2. The van der Waals surface area contributed by atoms with Crippen LogP contribution in [-0.4, -0.2) is 27.9 Å². The molecule has 7 heteroatoms. The van der Waals surface area contributed by atoms with Crippen molar-refractivity contribution in [2.45, 2.75) is 25.3 Å². The van der Waals surface area contributed by atoms with Gasteiger partial charge >= 0.3 is 5.97 Å². The monoisotopic (exact) mass is 342 g/mol. The highest BCUT2D eigenvalue weighted by Gasteiger charge is 2.21. The van der Waals surface area contributed by atoms with Crippen LogP contribution in [-0.2, 0) is 11.2 Å². The average Bonchev–Trinajstić information content (AvgIpc) is 2.61. The third kappa shape index (κ3) is 5.42. The van der Waals surface area contributed by atoms with Crippen molar-refractivity contribution in [2.75, 3.05) is 0 Å². The molecule has 0 aromatic heterocycles. The Balaban J connectivity index is 1.96. The SMILES string of the molecule is O=C(N[C@@H](CCCc1ccccc1)C(=O)O)c1cccc([N+](=O)[O-])c1. The largest absolute Gasteiger partial charge is 0.480 e. The second-order valence-corrected chi connectivity index (χ2v) is 5.55. The molecule has 0 bridgehead atoms. The summed E-state index contributed by atoms with van der Waals surface area (Å²) in [5, 5.41) is 22.5. The predicted molar refractivity (Wildman–Crippen MR) is 91.4 cm³/mol. The van der Waals surface area contributed by atoms with E-state index < -0.39 is 22.8 Å². The van der Waals surface area contributed by atoms with E-state index in [-0.39, 0.29) is 17.7 Å². The number of non-ortho nitro benzene ring substituents is 1. The fourth-order valence-electron chi connectivity index (χ4n) is 2.41. The number of aryl methyl sites for hydroxylation is 1. The number of benzene rings is 2. The lowest BCUT2D eigenvalue weighted by Gasteiger charge is -2.14.